The van der Waals surface area contributed by atoms with E-state index in [0.29, 0.717) is 29.9 Å². The highest BCUT2D eigenvalue weighted by molar-refractivity contribution is 9.09. The Kier molecular flexibility index (Phi) is 5.18. The summed E-state index contributed by atoms with van der Waals surface area (Å²) in [6.45, 7) is 5.42. The summed E-state index contributed by atoms with van der Waals surface area (Å²) in [7, 11) is 1.67. The zero-order chi connectivity index (χ0) is 18.1. The van der Waals surface area contributed by atoms with Gasteiger partial charge < -0.3 is 14.6 Å². The minimum absolute atomic E-state index is 0.0252. The summed E-state index contributed by atoms with van der Waals surface area (Å²) in [6.07, 6.45) is 1.52. The molecule has 0 bridgehead atoms. The molecule has 0 aliphatic carbocycles. The third-order valence-electron chi connectivity index (χ3n) is 4.84. The lowest BCUT2D eigenvalue weighted by atomic mass is 9.96. The molecule has 0 radical (unpaired) electrons. The molecule has 1 fully saturated rings. The van der Waals surface area contributed by atoms with Crippen LogP contribution in [0.2, 0.25) is 0 Å². The molecule has 1 unspecified atom stereocenters. The minimum Gasteiger partial charge on any atom is -0.440 e. The Morgan fingerprint density at radius 3 is 2.60 bits per heavy atom. The van der Waals surface area contributed by atoms with Gasteiger partial charge >= 0.3 is 0 Å². The second kappa shape index (κ2) is 7.20. The van der Waals surface area contributed by atoms with Crippen LogP contribution < -0.4 is 15.6 Å². The first-order valence-electron chi connectivity index (χ1n) is 8.59. The molecule has 1 aromatic carbocycles. The maximum atomic E-state index is 12.6. The van der Waals surface area contributed by atoms with Gasteiger partial charge in [0.1, 0.15) is 5.58 Å². The van der Waals surface area contributed by atoms with Crippen molar-refractivity contribution in [2.45, 2.75) is 31.5 Å². The normalized spacial score (nSPS) is 16.9. The van der Waals surface area contributed by atoms with Crippen molar-refractivity contribution in [2.24, 2.45) is 5.92 Å². The van der Waals surface area contributed by atoms with Gasteiger partial charge in [0.25, 0.3) is 0 Å². The summed E-state index contributed by atoms with van der Waals surface area (Å²) >= 11 is 3.59. The van der Waals surface area contributed by atoms with Gasteiger partial charge in [0.2, 0.25) is 5.91 Å². The van der Waals surface area contributed by atoms with E-state index in [1.165, 1.54) is 0 Å². The summed E-state index contributed by atoms with van der Waals surface area (Å²) < 4.78 is 6.15. The summed E-state index contributed by atoms with van der Waals surface area (Å²) in [5, 5.41) is 3.33. The number of hydrogen-bond donors (Lipinski definition) is 1. The second-order valence-corrected chi connectivity index (χ2v) is 8.04. The Labute approximate surface area is 155 Å². The molecule has 6 heteroatoms. The Morgan fingerprint density at radius 2 is 2.00 bits per heavy atom. The van der Waals surface area contributed by atoms with Crippen molar-refractivity contribution in [1.29, 1.82) is 0 Å². The van der Waals surface area contributed by atoms with E-state index >= 15 is 0 Å². The van der Waals surface area contributed by atoms with Crippen LogP contribution in [0.15, 0.2) is 27.4 Å². The van der Waals surface area contributed by atoms with E-state index in [-0.39, 0.29) is 22.1 Å². The first-order valence-corrected chi connectivity index (χ1v) is 9.51. The van der Waals surface area contributed by atoms with Gasteiger partial charge in [-0.15, -0.1) is 0 Å². The minimum atomic E-state index is -0.0252. The molecule has 134 valence electrons. The number of fused-ring (bicyclic) bond motifs is 1. The smallest absolute Gasteiger partial charge is 0.222 e. The van der Waals surface area contributed by atoms with Gasteiger partial charge in [-0.3, -0.25) is 9.59 Å². The molecule has 5 nitrogen and oxygen atoms in total. The molecule has 3 rings (SSSR count). The van der Waals surface area contributed by atoms with Crippen molar-refractivity contribution in [3.8, 4) is 0 Å². The zero-order valence-corrected chi connectivity index (χ0v) is 16.4. The van der Waals surface area contributed by atoms with Crippen LogP contribution in [-0.2, 0) is 4.79 Å². The summed E-state index contributed by atoms with van der Waals surface area (Å²) in [6, 6.07) is 5.50. The molecule has 1 atom stereocenters. The molecule has 1 aliphatic heterocycles. The van der Waals surface area contributed by atoms with Crippen LogP contribution in [0.3, 0.4) is 0 Å². The number of amides is 1. The van der Waals surface area contributed by atoms with Gasteiger partial charge in [-0.2, -0.15) is 0 Å². The summed E-state index contributed by atoms with van der Waals surface area (Å²) in [4.78, 5) is 26.6. The van der Waals surface area contributed by atoms with E-state index in [9.17, 15) is 9.59 Å². The molecule has 0 saturated carbocycles. The Morgan fingerprint density at radius 1 is 1.32 bits per heavy atom. The number of aryl methyl sites for hydroxylation is 1. The first-order chi connectivity index (χ1) is 11.9. The summed E-state index contributed by atoms with van der Waals surface area (Å²) in [5.74, 6) is 0.714. The highest BCUT2D eigenvalue weighted by atomic mass is 79.9. The number of alkyl halides is 1. The van der Waals surface area contributed by atoms with Crippen molar-refractivity contribution in [3.05, 3.63) is 39.5 Å². The van der Waals surface area contributed by atoms with E-state index in [4.69, 9.17) is 4.42 Å². The molecular weight excluding hydrogens is 384 g/mol. The van der Waals surface area contributed by atoms with Crippen LogP contribution in [-0.4, -0.2) is 26.0 Å². The van der Waals surface area contributed by atoms with E-state index in [0.717, 1.165) is 24.0 Å². The molecule has 1 amide bonds. The third-order valence-corrected chi connectivity index (χ3v) is 5.33. The number of carbonyl (C=O) groups excluding carboxylic acids is 1. The lowest BCUT2D eigenvalue weighted by molar-refractivity contribution is -0.125. The first kappa shape index (κ1) is 18.0. The Balaban J connectivity index is 1.96. The molecule has 1 aliphatic rings. The van der Waals surface area contributed by atoms with Gasteiger partial charge in [0.05, 0.1) is 5.39 Å². The fourth-order valence-corrected chi connectivity index (χ4v) is 3.78. The quantitative estimate of drug-likeness (QED) is 0.791. The Hall–Kier alpha value is -1.82. The fraction of sp³-hybridized carbons (Fsp3) is 0.474. The van der Waals surface area contributed by atoms with Crippen LogP contribution in [0.1, 0.15) is 35.7 Å². The van der Waals surface area contributed by atoms with Gasteiger partial charge in [-0.1, -0.05) is 22.0 Å². The standard InChI is InChI=1S/C19H23BrN2O3/c1-11-8-14(12(2)20)18-15(9-11)16(23)10-17(25-18)22-6-4-13(5-7-22)19(24)21-3/h8-10,12-13H,4-7H2,1-3H3,(H,21,24). The molecule has 0 spiro atoms. The number of hydrogen-bond acceptors (Lipinski definition) is 4. The number of halogens is 1. The maximum absolute atomic E-state index is 12.6. The van der Waals surface area contributed by atoms with Crippen molar-refractivity contribution in [3.63, 3.8) is 0 Å². The number of benzene rings is 1. The molecular formula is C19H23BrN2O3. The van der Waals surface area contributed by atoms with Crippen LogP contribution >= 0.6 is 15.9 Å². The molecule has 1 N–H and O–H groups in total. The highest BCUT2D eigenvalue weighted by Gasteiger charge is 2.26. The van der Waals surface area contributed by atoms with Crippen LogP contribution in [0.4, 0.5) is 5.88 Å². The van der Waals surface area contributed by atoms with Crippen molar-refractivity contribution in [1.82, 2.24) is 5.32 Å². The van der Waals surface area contributed by atoms with Gasteiger partial charge in [0.15, 0.2) is 11.3 Å². The monoisotopic (exact) mass is 406 g/mol. The lowest BCUT2D eigenvalue weighted by Gasteiger charge is -2.31. The topological polar surface area (TPSA) is 62.6 Å². The van der Waals surface area contributed by atoms with E-state index in [2.05, 4.69) is 26.1 Å². The average molecular weight is 407 g/mol. The predicted octanol–water partition coefficient (Wildman–Crippen LogP) is 3.52. The largest absolute Gasteiger partial charge is 0.440 e. The maximum Gasteiger partial charge on any atom is 0.222 e. The number of carbonyl (C=O) groups is 1. The number of nitrogens with one attached hydrogen (secondary N) is 1. The second-order valence-electron chi connectivity index (χ2n) is 6.67. The predicted molar refractivity (Wildman–Crippen MR) is 104 cm³/mol. The van der Waals surface area contributed by atoms with Gasteiger partial charge in [-0.25, -0.2) is 0 Å². The van der Waals surface area contributed by atoms with Crippen molar-refractivity contribution < 1.29 is 9.21 Å². The highest BCUT2D eigenvalue weighted by Crippen LogP contribution is 2.32. The zero-order valence-electron chi connectivity index (χ0n) is 14.8. The van der Waals surface area contributed by atoms with Crippen molar-refractivity contribution >= 4 is 38.7 Å². The average Bonchev–Trinajstić information content (AvgIpc) is 2.61. The molecule has 25 heavy (non-hydrogen) atoms. The number of rotatable bonds is 3. The van der Waals surface area contributed by atoms with E-state index in [1.807, 2.05) is 26.0 Å². The van der Waals surface area contributed by atoms with Gasteiger partial charge in [-0.05, 0) is 38.3 Å². The van der Waals surface area contributed by atoms with Crippen LogP contribution in [0.5, 0.6) is 0 Å². The van der Waals surface area contributed by atoms with Crippen molar-refractivity contribution in [2.75, 3.05) is 25.0 Å². The number of anilines is 1. The SMILES string of the molecule is CNC(=O)C1CCN(c2cc(=O)c3cc(C)cc(C(C)Br)c3o2)CC1. The van der Waals surface area contributed by atoms with Crippen LogP contribution in [0, 0.1) is 12.8 Å². The lowest BCUT2D eigenvalue weighted by Crippen LogP contribution is -2.39. The van der Waals surface area contributed by atoms with E-state index in [1.54, 1.807) is 13.1 Å². The molecule has 1 aromatic heterocycles. The molecule has 2 aromatic rings. The summed E-state index contributed by atoms with van der Waals surface area (Å²) in [5.41, 5.74) is 2.64. The number of piperidine rings is 1. The Bertz CT molecular complexity index is 852. The fourth-order valence-electron chi connectivity index (χ4n) is 3.44. The molecule has 1 saturated heterocycles. The molecule has 2 heterocycles. The van der Waals surface area contributed by atoms with E-state index < -0.39 is 0 Å². The van der Waals surface area contributed by atoms with Gasteiger partial charge in [0, 0.05) is 42.5 Å². The number of nitrogens with zero attached hydrogens (tertiary/aromatic N) is 1. The third kappa shape index (κ3) is 3.59. The van der Waals surface area contributed by atoms with Crippen LogP contribution in [0.25, 0.3) is 11.0 Å².